The zero-order chi connectivity index (χ0) is 29.3. The first-order valence-electron chi connectivity index (χ1n) is 13.3. The van der Waals surface area contributed by atoms with Crippen molar-refractivity contribution < 1.29 is 27.7 Å². The number of hydrogen-bond donors (Lipinski definition) is 3. The van der Waals surface area contributed by atoms with E-state index in [1.54, 1.807) is 0 Å². The molecule has 2 aromatic carbocycles. The molecule has 1 aliphatic rings. The summed E-state index contributed by atoms with van der Waals surface area (Å²) in [5, 5.41) is 19.6. The fraction of sp³-hybridized carbons (Fsp3) is 0.280. The number of carbonyl (C=O) groups is 2. The summed E-state index contributed by atoms with van der Waals surface area (Å²) in [4.78, 5) is 31.4. The molecule has 0 unspecified atom stereocenters. The second-order valence-corrected chi connectivity index (χ2v) is 7.65. The van der Waals surface area contributed by atoms with Crippen molar-refractivity contribution in [1.29, 1.82) is 0 Å². The molecule has 174 valence electrons. The Labute approximate surface area is 205 Å². The predicted molar refractivity (Wildman–Crippen MR) is 125 cm³/mol. The highest BCUT2D eigenvalue weighted by Gasteiger charge is 2.31. The first-order chi connectivity index (χ1) is 18.7. The van der Waals surface area contributed by atoms with Crippen molar-refractivity contribution in [3.63, 3.8) is 0 Å². The minimum absolute atomic E-state index is 0.128. The Morgan fingerprint density at radius 1 is 1.35 bits per heavy atom. The van der Waals surface area contributed by atoms with Crippen LogP contribution in [0.4, 0.5) is 5.69 Å². The van der Waals surface area contributed by atoms with Crippen LogP contribution < -0.4 is 15.0 Å². The number of nitrogens with zero attached hydrogens (tertiary/aromatic N) is 3. The van der Waals surface area contributed by atoms with Crippen molar-refractivity contribution in [3.8, 4) is 17.6 Å². The summed E-state index contributed by atoms with van der Waals surface area (Å²) >= 11 is 0. The van der Waals surface area contributed by atoms with Crippen LogP contribution in [-0.2, 0) is 11.2 Å². The SMILES string of the molecule is [2H]C([2H])([2H])C(O)(C#Cc1ccc2c(c1)N(C)C(=O)[C@@H](NC(=O)c1n[nH]c(Cc3ccccc3)n1)CO2)C([2H])([2H])[2H]. The molecule has 1 atom stereocenters. The van der Waals surface area contributed by atoms with Crippen LogP contribution in [0.3, 0.4) is 0 Å². The Kier molecular flexibility index (Phi) is 4.53. The Morgan fingerprint density at radius 2 is 2.15 bits per heavy atom. The van der Waals surface area contributed by atoms with Crippen molar-refractivity contribution in [1.82, 2.24) is 20.5 Å². The van der Waals surface area contributed by atoms with Gasteiger partial charge in [0.2, 0.25) is 5.82 Å². The molecule has 1 aliphatic heterocycles. The van der Waals surface area contributed by atoms with Gasteiger partial charge >= 0.3 is 0 Å². The topological polar surface area (TPSA) is 120 Å². The first-order valence-corrected chi connectivity index (χ1v) is 10.3. The summed E-state index contributed by atoms with van der Waals surface area (Å²) in [5.74, 6) is 3.75. The molecule has 0 bridgehead atoms. The lowest BCUT2D eigenvalue weighted by Gasteiger charge is -2.20. The molecule has 34 heavy (non-hydrogen) atoms. The van der Waals surface area contributed by atoms with Crippen molar-refractivity contribution in [2.24, 2.45) is 0 Å². The average Bonchev–Trinajstić information content (AvgIpc) is 3.32. The highest BCUT2D eigenvalue weighted by Crippen LogP contribution is 2.31. The van der Waals surface area contributed by atoms with Crippen molar-refractivity contribution in [2.45, 2.75) is 31.8 Å². The van der Waals surface area contributed by atoms with Gasteiger partial charge in [0.05, 0.1) is 5.69 Å². The molecule has 0 spiro atoms. The fourth-order valence-corrected chi connectivity index (χ4v) is 3.33. The van der Waals surface area contributed by atoms with Gasteiger partial charge in [-0.05, 0) is 37.5 Å². The third kappa shape index (κ3) is 5.42. The minimum Gasteiger partial charge on any atom is -0.489 e. The largest absolute Gasteiger partial charge is 0.489 e. The van der Waals surface area contributed by atoms with Crippen LogP contribution >= 0.6 is 0 Å². The van der Waals surface area contributed by atoms with Crippen molar-refractivity contribution in [2.75, 3.05) is 18.6 Å². The molecule has 9 heteroatoms. The molecule has 2 heterocycles. The number of benzene rings is 2. The number of likely N-dealkylation sites (N-methyl/N-ethyl adjacent to an activating group) is 1. The minimum atomic E-state index is -3.30. The normalized spacial score (nSPS) is 18.8. The number of ether oxygens (including phenoxy) is 1. The maximum absolute atomic E-state index is 13.2. The summed E-state index contributed by atoms with van der Waals surface area (Å²) in [6, 6.07) is 12.7. The maximum Gasteiger partial charge on any atom is 0.291 e. The van der Waals surface area contributed by atoms with E-state index in [4.69, 9.17) is 13.0 Å². The van der Waals surface area contributed by atoms with Gasteiger partial charge in [0.25, 0.3) is 11.8 Å². The van der Waals surface area contributed by atoms with E-state index in [1.807, 2.05) is 36.3 Å². The van der Waals surface area contributed by atoms with Crippen LogP contribution in [0.15, 0.2) is 48.5 Å². The van der Waals surface area contributed by atoms with Gasteiger partial charge in [0.1, 0.15) is 29.8 Å². The molecule has 0 fully saturated rings. The molecular formula is C25H25N5O4. The fourth-order valence-electron chi connectivity index (χ4n) is 3.33. The molecule has 1 aromatic heterocycles. The second-order valence-electron chi connectivity index (χ2n) is 7.65. The van der Waals surface area contributed by atoms with E-state index >= 15 is 0 Å². The van der Waals surface area contributed by atoms with E-state index < -0.39 is 37.2 Å². The quantitative estimate of drug-likeness (QED) is 0.504. The summed E-state index contributed by atoms with van der Waals surface area (Å²) in [6.45, 7) is -6.81. The molecule has 3 aromatic rings. The van der Waals surface area contributed by atoms with Crippen LogP contribution in [-0.4, -0.2) is 57.4 Å². The van der Waals surface area contributed by atoms with Crippen LogP contribution in [0.1, 0.15) is 49.5 Å². The third-order valence-corrected chi connectivity index (χ3v) is 5.00. The van der Waals surface area contributed by atoms with Gasteiger partial charge in [-0.15, -0.1) is 5.10 Å². The van der Waals surface area contributed by atoms with Gasteiger partial charge in [0, 0.05) is 27.3 Å². The highest BCUT2D eigenvalue weighted by molar-refractivity contribution is 6.02. The Morgan fingerprint density at radius 3 is 2.91 bits per heavy atom. The summed E-state index contributed by atoms with van der Waals surface area (Å²) in [6.07, 6.45) is 0.436. The lowest BCUT2D eigenvalue weighted by molar-refractivity contribution is -0.120. The summed E-state index contributed by atoms with van der Waals surface area (Å²) in [7, 11) is 1.44. The molecule has 2 amide bonds. The number of anilines is 1. The van der Waals surface area contributed by atoms with E-state index in [2.05, 4.69) is 26.4 Å². The number of nitrogens with one attached hydrogen (secondary N) is 2. The number of H-pyrrole nitrogens is 1. The lowest BCUT2D eigenvalue weighted by atomic mass is 10.1. The number of rotatable bonds is 4. The van der Waals surface area contributed by atoms with E-state index in [9.17, 15) is 14.7 Å². The smallest absolute Gasteiger partial charge is 0.291 e. The number of amides is 2. The zero-order valence-corrected chi connectivity index (χ0v) is 18.1. The Balaban J connectivity index is 1.50. The predicted octanol–water partition coefficient (Wildman–Crippen LogP) is 1.67. The first kappa shape index (κ1) is 16.5. The monoisotopic (exact) mass is 465 g/mol. The molecule has 0 saturated carbocycles. The second kappa shape index (κ2) is 9.37. The Hall–Kier alpha value is -4.16. The third-order valence-electron chi connectivity index (χ3n) is 5.00. The number of carbonyl (C=O) groups excluding carboxylic acids is 2. The average molecular weight is 466 g/mol. The van der Waals surface area contributed by atoms with Crippen LogP contribution in [0, 0.1) is 11.8 Å². The van der Waals surface area contributed by atoms with Crippen molar-refractivity contribution in [3.05, 3.63) is 71.3 Å². The molecule has 0 aliphatic carbocycles. The summed E-state index contributed by atoms with van der Waals surface area (Å²) in [5.41, 5.74) is -1.92. The molecule has 9 nitrogen and oxygen atoms in total. The molecular weight excluding hydrogens is 434 g/mol. The van der Waals surface area contributed by atoms with E-state index in [0.29, 0.717) is 12.2 Å². The van der Waals surface area contributed by atoms with Gasteiger partial charge in [-0.25, -0.2) is 4.98 Å². The van der Waals surface area contributed by atoms with Crippen LogP contribution in [0.5, 0.6) is 5.75 Å². The lowest BCUT2D eigenvalue weighted by Crippen LogP contribution is -2.49. The van der Waals surface area contributed by atoms with Crippen LogP contribution in [0.2, 0.25) is 0 Å². The number of fused-ring (bicyclic) bond motifs is 1. The maximum atomic E-state index is 13.2. The standard InChI is InChI=1S/C25H25N5O4/c1-25(2,33)12-11-17-9-10-20-19(13-17)30(3)24(32)18(15-34-20)26-23(31)22-27-21(28-29-22)14-16-7-5-4-6-8-16/h4-10,13,18,33H,14-15H2,1-3H3,(H,26,31)(H,27,28,29)/t18-/m0/s1/i1D3,2D3. The number of hydrogen-bond acceptors (Lipinski definition) is 6. The van der Waals surface area contributed by atoms with Gasteiger partial charge in [-0.2, -0.15) is 0 Å². The number of aromatic amines is 1. The van der Waals surface area contributed by atoms with E-state index in [-0.39, 0.29) is 29.4 Å². The zero-order valence-electron chi connectivity index (χ0n) is 24.1. The van der Waals surface area contributed by atoms with Gasteiger partial charge < -0.3 is 20.1 Å². The van der Waals surface area contributed by atoms with Gasteiger partial charge in [-0.3, -0.25) is 14.7 Å². The van der Waals surface area contributed by atoms with Crippen molar-refractivity contribution >= 4 is 17.5 Å². The van der Waals surface area contributed by atoms with E-state index in [0.717, 1.165) is 5.56 Å². The molecule has 4 rings (SSSR count). The summed E-state index contributed by atoms with van der Waals surface area (Å²) < 4.78 is 50.4. The molecule has 0 saturated heterocycles. The Bertz CT molecular complexity index is 1460. The highest BCUT2D eigenvalue weighted by atomic mass is 16.5. The van der Waals surface area contributed by atoms with Gasteiger partial charge in [-0.1, -0.05) is 42.2 Å². The molecule has 3 N–H and O–H groups in total. The van der Waals surface area contributed by atoms with E-state index in [1.165, 1.54) is 30.1 Å². The van der Waals surface area contributed by atoms with Gasteiger partial charge in [0.15, 0.2) is 0 Å². The van der Waals surface area contributed by atoms with Crippen LogP contribution in [0.25, 0.3) is 0 Å². The number of aliphatic hydroxyl groups is 1. The number of aromatic nitrogens is 3. The molecule has 0 radical (unpaired) electrons.